The number of rotatable bonds is 5. The van der Waals surface area contributed by atoms with Crippen LogP contribution in [0.15, 0.2) is 57.9 Å². The molecule has 29 heavy (non-hydrogen) atoms. The van der Waals surface area contributed by atoms with E-state index in [1.165, 1.54) is 18.0 Å². The van der Waals surface area contributed by atoms with Crippen LogP contribution in [0.4, 0.5) is 0 Å². The second kappa shape index (κ2) is 7.44. The number of hydrogen-bond donors (Lipinski definition) is 0. The summed E-state index contributed by atoms with van der Waals surface area (Å²) in [5, 5.41) is 16.5. The minimum absolute atomic E-state index is 0.102. The van der Waals surface area contributed by atoms with Crippen LogP contribution in [0.1, 0.15) is 16.7 Å². The Labute approximate surface area is 165 Å². The zero-order valence-electron chi connectivity index (χ0n) is 15.7. The molecule has 0 atom stereocenters. The van der Waals surface area contributed by atoms with Gasteiger partial charge in [-0.15, -0.1) is 0 Å². The fourth-order valence-corrected chi connectivity index (χ4v) is 2.84. The number of nitrogens with zero attached hydrogens (tertiary/aromatic N) is 6. The zero-order valence-corrected chi connectivity index (χ0v) is 15.7. The van der Waals surface area contributed by atoms with Crippen molar-refractivity contribution >= 4 is 0 Å². The van der Waals surface area contributed by atoms with Crippen LogP contribution in [-0.4, -0.2) is 24.8 Å². The van der Waals surface area contributed by atoms with Crippen LogP contribution in [-0.2, 0) is 13.7 Å². The molecule has 0 unspecified atom stereocenters. The monoisotopic (exact) mass is 388 g/mol. The lowest BCUT2D eigenvalue weighted by molar-refractivity contribution is 0.219. The third kappa shape index (κ3) is 3.51. The maximum atomic E-state index is 12.2. The normalized spacial score (nSPS) is 10.7. The summed E-state index contributed by atoms with van der Waals surface area (Å²) in [4.78, 5) is 16.6. The molecule has 9 nitrogen and oxygen atoms in total. The predicted octanol–water partition coefficient (Wildman–Crippen LogP) is 2.38. The maximum absolute atomic E-state index is 12.2. The van der Waals surface area contributed by atoms with Crippen LogP contribution in [0.5, 0.6) is 6.08 Å². The summed E-state index contributed by atoms with van der Waals surface area (Å²) in [7, 11) is 1.54. The summed E-state index contributed by atoms with van der Waals surface area (Å²) in [6.45, 7) is 2.06. The first-order valence-electron chi connectivity index (χ1n) is 8.73. The molecule has 144 valence electrons. The van der Waals surface area contributed by atoms with E-state index >= 15 is 0 Å². The van der Waals surface area contributed by atoms with Crippen molar-refractivity contribution in [3.8, 4) is 29.1 Å². The third-order valence-electron chi connectivity index (χ3n) is 4.47. The highest BCUT2D eigenvalue weighted by molar-refractivity contribution is 5.59. The van der Waals surface area contributed by atoms with E-state index in [4.69, 9.17) is 14.4 Å². The van der Waals surface area contributed by atoms with Crippen LogP contribution in [0.25, 0.3) is 16.9 Å². The Balaban J connectivity index is 1.57. The molecule has 0 aliphatic rings. The molecule has 0 spiro atoms. The SMILES string of the molecule is Cc1cccc(-n2nnn(C)c2=O)c1COc1nc(-c2ccc(C#N)cc2)co1. The second-order valence-corrected chi connectivity index (χ2v) is 6.35. The Morgan fingerprint density at radius 2 is 1.97 bits per heavy atom. The van der Waals surface area contributed by atoms with Gasteiger partial charge >= 0.3 is 11.8 Å². The number of tetrazole rings is 1. The van der Waals surface area contributed by atoms with Crippen LogP contribution >= 0.6 is 0 Å². The standard InChI is InChI=1S/C20H16N6O3/c1-13-4-3-5-18(26-20(27)25(2)23-24-26)16(13)11-28-19-22-17(12-29-19)15-8-6-14(10-21)7-9-15/h3-9,12H,11H2,1-2H3. The highest BCUT2D eigenvalue weighted by Crippen LogP contribution is 2.24. The summed E-state index contributed by atoms with van der Waals surface area (Å²) in [5.41, 5.74) is 3.91. The van der Waals surface area contributed by atoms with Gasteiger partial charge in [-0.05, 0) is 41.1 Å². The third-order valence-corrected chi connectivity index (χ3v) is 4.47. The summed E-state index contributed by atoms with van der Waals surface area (Å²) in [6.07, 6.45) is 1.59. The maximum Gasteiger partial charge on any atom is 0.394 e. The van der Waals surface area contributed by atoms with E-state index in [2.05, 4.69) is 21.5 Å². The van der Waals surface area contributed by atoms with Gasteiger partial charge in [-0.1, -0.05) is 24.3 Å². The van der Waals surface area contributed by atoms with Crippen LogP contribution in [0.2, 0.25) is 0 Å². The fourth-order valence-electron chi connectivity index (χ4n) is 2.84. The van der Waals surface area contributed by atoms with Crippen molar-refractivity contribution in [2.24, 2.45) is 7.05 Å². The lowest BCUT2D eigenvalue weighted by atomic mass is 10.1. The van der Waals surface area contributed by atoms with E-state index < -0.39 is 0 Å². The zero-order chi connectivity index (χ0) is 20.4. The molecule has 4 rings (SSSR count). The lowest BCUT2D eigenvalue weighted by Gasteiger charge is -2.11. The van der Waals surface area contributed by atoms with Gasteiger partial charge in [-0.25, -0.2) is 4.79 Å². The van der Waals surface area contributed by atoms with Crippen molar-refractivity contribution in [1.29, 1.82) is 5.26 Å². The molecular formula is C20H16N6O3. The average molecular weight is 388 g/mol. The van der Waals surface area contributed by atoms with Gasteiger partial charge < -0.3 is 9.15 Å². The molecule has 9 heteroatoms. The van der Waals surface area contributed by atoms with Crippen molar-refractivity contribution in [3.05, 3.63) is 75.9 Å². The van der Waals surface area contributed by atoms with Crippen molar-refractivity contribution in [2.45, 2.75) is 13.5 Å². The average Bonchev–Trinajstić information content (AvgIpc) is 3.34. The Hall–Kier alpha value is -4.19. The van der Waals surface area contributed by atoms with E-state index in [0.717, 1.165) is 21.4 Å². The van der Waals surface area contributed by atoms with Gasteiger partial charge in [0, 0.05) is 18.2 Å². The number of aryl methyl sites for hydroxylation is 2. The van der Waals surface area contributed by atoms with Gasteiger partial charge in [0.05, 0.1) is 17.3 Å². The molecule has 4 aromatic rings. The molecule has 2 heterocycles. The van der Waals surface area contributed by atoms with Crippen molar-refractivity contribution < 1.29 is 9.15 Å². The topological polar surface area (TPSA) is 112 Å². The van der Waals surface area contributed by atoms with Crippen molar-refractivity contribution in [3.63, 3.8) is 0 Å². The molecule has 0 N–H and O–H groups in total. The van der Waals surface area contributed by atoms with Crippen LogP contribution < -0.4 is 10.4 Å². The number of hydrogen-bond acceptors (Lipinski definition) is 7. The first kappa shape index (κ1) is 18.2. The summed E-state index contributed by atoms with van der Waals surface area (Å²) < 4.78 is 13.5. The molecule has 0 aliphatic heterocycles. The molecular weight excluding hydrogens is 372 g/mol. The number of nitriles is 1. The Morgan fingerprint density at radius 3 is 2.66 bits per heavy atom. The van der Waals surface area contributed by atoms with Gasteiger partial charge in [-0.2, -0.15) is 19.6 Å². The number of aromatic nitrogens is 5. The van der Waals surface area contributed by atoms with Crippen LogP contribution in [0, 0.1) is 18.3 Å². The minimum atomic E-state index is -0.351. The Kier molecular flexibility index (Phi) is 4.66. The van der Waals surface area contributed by atoms with Gasteiger partial charge in [-0.3, -0.25) is 0 Å². The van der Waals surface area contributed by atoms with E-state index in [9.17, 15) is 4.79 Å². The Morgan fingerprint density at radius 1 is 1.17 bits per heavy atom. The minimum Gasteiger partial charge on any atom is -0.445 e. The molecule has 0 amide bonds. The van der Waals surface area contributed by atoms with E-state index in [-0.39, 0.29) is 18.4 Å². The number of oxazole rings is 1. The molecule has 0 radical (unpaired) electrons. The molecule has 0 saturated carbocycles. The molecule has 0 bridgehead atoms. The molecule has 0 fully saturated rings. The van der Waals surface area contributed by atoms with Gasteiger partial charge in [0.15, 0.2) is 0 Å². The number of ether oxygens (including phenoxy) is 1. The van der Waals surface area contributed by atoms with Crippen molar-refractivity contribution in [2.75, 3.05) is 0 Å². The first-order valence-corrected chi connectivity index (χ1v) is 8.73. The Bertz CT molecular complexity index is 1260. The predicted molar refractivity (Wildman–Crippen MR) is 102 cm³/mol. The lowest BCUT2D eigenvalue weighted by Crippen LogP contribution is -2.23. The van der Waals surface area contributed by atoms with E-state index in [0.29, 0.717) is 16.9 Å². The fraction of sp³-hybridized carbons (Fsp3) is 0.150. The summed E-state index contributed by atoms with van der Waals surface area (Å²) in [5.74, 6) is 0. The molecule has 0 saturated heterocycles. The van der Waals surface area contributed by atoms with Crippen molar-refractivity contribution in [1.82, 2.24) is 24.8 Å². The quantitative estimate of drug-likeness (QED) is 0.516. The molecule has 0 aliphatic carbocycles. The molecule has 2 aromatic heterocycles. The second-order valence-electron chi connectivity index (χ2n) is 6.35. The van der Waals surface area contributed by atoms with Crippen LogP contribution in [0.3, 0.4) is 0 Å². The number of benzene rings is 2. The highest BCUT2D eigenvalue weighted by Gasteiger charge is 2.15. The first-order chi connectivity index (χ1) is 14.1. The smallest absolute Gasteiger partial charge is 0.394 e. The molecule has 2 aromatic carbocycles. The van der Waals surface area contributed by atoms with Gasteiger partial charge in [0.25, 0.3) is 0 Å². The van der Waals surface area contributed by atoms with E-state index in [1.807, 2.05) is 19.1 Å². The summed E-state index contributed by atoms with van der Waals surface area (Å²) in [6, 6.07) is 14.6. The van der Waals surface area contributed by atoms with Gasteiger partial charge in [0.1, 0.15) is 18.6 Å². The van der Waals surface area contributed by atoms with Gasteiger partial charge in [0.2, 0.25) is 0 Å². The highest BCUT2D eigenvalue weighted by atomic mass is 16.6. The van der Waals surface area contributed by atoms with E-state index in [1.54, 1.807) is 30.3 Å². The summed E-state index contributed by atoms with van der Waals surface area (Å²) >= 11 is 0. The largest absolute Gasteiger partial charge is 0.445 e.